The Labute approximate surface area is 193 Å². The molecule has 4 rings (SSSR count). The second kappa shape index (κ2) is 9.69. The molecule has 1 atom stereocenters. The van der Waals surface area contributed by atoms with Crippen LogP contribution < -0.4 is 15.5 Å². The molecule has 1 fully saturated rings. The summed E-state index contributed by atoms with van der Waals surface area (Å²) in [6.45, 7) is 4.82. The molecule has 6 nitrogen and oxygen atoms in total. The van der Waals surface area contributed by atoms with Crippen molar-refractivity contribution in [2.24, 2.45) is 5.92 Å². The van der Waals surface area contributed by atoms with Crippen molar-refractivity contribution in [1.82, 2.24) is 5.32 Å². The molecular weight excluding hydrogens is 414 g/mol. The second-order valence-electron chi connectivity index (χ2n) is 8.41. The van der Waals surface area contributed by atoms with Gasteiger partial charge in [-0.3, -0.25) is 14.4 Å². The Morgan fingerprint density at radius 3 is 2.48 bits per heavy atom. The average molecular weight is 442 g/mol. The number of anilines is 2. The van der Waals surface area contributed by atoms with Crippen LogP contribution in [0.4, 0.5) is 11.4 Å². The predicted octanol–water partition coefficient (Wildman–Crippen LogP) is 4.23. The molecule has 1 aliphatic heterocycles. The maximum Gasteiger partial charge on any atom is 0.255 e. The summed E-state index contributed by atoms with van der Waals surface area (Å²) in [5.41, 5.74) is 5.19. The Kier molecular flexibility index (Phi) is 6.54. The predicted molar refractivity (Wildman–Crippen MR) is 129 cm³/mol. The zero-order valence-corrected chi connectivity index (χ0v) is 18.8. The minimum atomic E-state index is -0.425. The van der Waals surface area contributed by atoms with Crippen LogP contribution in [0.15, 0.2) is 72.8 Å². The first kappa shape index (κ1) is 22.3. The van der Waals surface area contributed by atoms with Gasteiger partial charge in [-0.1, -0.05) is 42.5 Å². The van der Waals surface area contributed by atoms with Crippen LogP contribution in [0.5, 0.6) is 0 Å². The van der Waals surface area contributed by atoms with Gasteiger partial charge in [0.1, 0.15) is 0 Å². The summed E-state index contributed by atoms with van der Waals surface area (Å²) in [5.74, 6) is -0.938. The van der Waals surface area contributed by atoms with Crippen molar-refractivity contribution < 1.29 is 14.4 Å². The summed E-state index contributed by atoms with van der Waals surface area (Å²) in [6, 6.07) is 22.2. The monoisotopic (exact) mass is 441 g/mol. The van der Waals surface area contributed by atoms with E-state index in [0.717, 1.165) is 5.56 Å². The molecule has 0 spiro atoms. The minimum Gasteiger partial charge on any atom is -0.352 e. The van der Waals surface area contributed by atoms with Crippen LogP contribution in [0.3, 0.4) is 0 Å². The van der Waals surface area contributed by atoms with Gasteiger partial charge >= 0.3 is 0 Å². The Morgan fingerprint density at radius 2 is 1.73 bits per heavy atom. The number of aryl methyl sites for hydroxylation is 2. The zero-order valence-electron chi connectivity index (χ0n) is 18.8. The molecule has 3 aromatic rings. The number of carbonyl (C=O) groups is 3. The molecule has 0 bridgehead atoms. The molecule has 0 saturated carbocycles. The standard InChI is InChI=1S/C27H27N3O3/c1-18-11-12-20(13-19(18)2)16-28-26(32)22-15-25(31)30(17-22)24-10-6-7-21(14-24)27(33)29-23-8-4-3-5-9-23/h3-14,22H,15-17H2,1-2H3,(H,28,32)(H,29,33)/t22-/m0/s1. The molecule has 0 aliphatic carbocycles. The van der Waals surface area contributed by atoms with Crippen LogP contribution in [0.2, 0.25) is 0 Å². The van der Waals surface area contributed by atoms with Crippen molar-refractivity contribution in [3.63, 3.8) is 0 Å². The minimum absolute atomic E-state index is 0.123. The van der Waals surface area contributed by atoms with Crippen LogP contribution in [0.1, 0.15) is 33.5 Å². The van der Waals surface area contributed by atoms with E-state index in [0.29, 0.717) is 30.0 Å². The van der Waals surface area contributed by atoms with Crippen LogP contribution in [-0.2, 0) is 16.1 Å². The first-order valence-electron chi connectivity index (χ1n) is 11.0. The third-order valence-corrected chi connectivity index (χ3v) is 5.99. The third-order valence-electron chi connectivity index (χ3n) is 5.99. The first-order valence-corrected chi connectivity index (χ1v) is 11.0. The van der Waals surface area contributed by atoms with Crippen LogP contribution in [0.25, 0.3) is 0 Å². The van der Waals surface area contributed by atoms with E-state index in [-0.39, 0.29) is 24.1 Å². The first-order chi connectivity index (χ1) is 15.9. The van der Waals surface area contributed by atoms with E-state index < -0.39 is 5.92 Å². The number of para-hydroxylation sites is 1. The number of benzene rings is 3. The maximum absolute atomic E-state index is 12.7. The third kappa shape index (κ3) is 5.29. The summed E-state index contributed by atoms with van der Waals surface area (Å²) < 4.78 is 0. The van der Waals surface area contributed by atoms with Crippen LogP contribution in [0, 0.1) is 19.8 Å². The highest BCUT2D eigenvalue weighted by Crippen LogP contribution is 2.26. The summed E-state index contributed by atoms with van der Waals surface area (Å²) in [5, 5.41) is 5.80. The Bertz CT molecular complexity index is 1190. The fraction of sp³-hybridized carbons (Fsp3) is 0.222. The van der Waals surface area contributed by atoms with E-state index in [1.165, 1.54) is 11.1 Å². The number of hydrogen-bond donors (Lipinski definition) is 2. The van der Waals surface area contributed by atoms with Crippen molar-refractivity contribution in [3.8, 4) is 0 Å². The Hall–Kier alpha value is -3.93. The van der Waals surface area contributed by atoms with Crippen molar-refractivity contribution in [1.29, 1.82) is 0 Å². The average Bonchev–Trinajstić information content (AvgIpc) is 3.22. The van der Waals surface area contributed by atoms with Gasteiger partial charge in [0.2, 0.25) is 11.8 Å². The molecule has 3 aromatic carbocycles. The molecule has 6 heteroatoms. The number of carbonyl (C=O) groups excluding carboxylic acids is 3. The van der Waals surface area contributed by atoms with E-state index in [9.17, 15) is 14.4 Å². The van der Waals surface area contributed by atoms with Gasteiger partial charge in [-0.05, 0) is 60.9 Å². The van der Waals surface area contributed by atoms with Gasteiger partial charge in [0.25, 0.3) is 5.91 Å². The van der Waals surface area contributed by atoms with Crippen LogP contribution >= 0.6 is 0 Å². The molecule has 1 saturated heterocycles. The zero-order chi connectivity index (χ0) is 23.4. The topological polar surface area (TPSA) is 78.5 Å². The fourth-order valence-corrected chi connectivity index (χ4v) is 3.92. The number of nitrogens with one attached hydrogen (secondary N) is 2. The molecular formula is C27H27N3O3. The molecule has 0 unspecified atom stereocenters. The number of hydrogen-bond acceptors (Lipinski definition) is 3. The highest BCUT2D eigenvalue weighted by Gasteiger charge is 2.35. The quantitative estimate of drug-likeness (QED) is 0.601. The molecule has 168 valence electrons. The van der Waals surface area contributed by atoms with Crippen molar-refractivity contribution >= 4 is 29.1 Å². The van der Waals surface area contributed by atoms with Gasteiger partial charge in [-0.25, -0.2) is 0 Å². The van der Waals surface area contributed by atoms with Crippen molar-refractivity contribution in [3.05, 3.63) is 95.1 Å². The van der Waals surface area contributed by atoms with E-state index in [2.05, 4.69) is 23.6 Å². The number of nitrogens with zero attached hydrogens (tertiary/aromatic N) is 1. The molecule has 0 radical (unpaired) electrons. The highest BCUT2D eigenvalue weighted by atomic mass is 16.2. The summed E-state index contributed by atoms with van der Waals surface area (Å²) >= 11 is 0. The SMILES string of the molecule is Cc1ccc(CNC(=O)[C@H]2CC(=O)N(c3cccc(C(=O)Nc4ccccc4)c3)C2)cc1C. The normalized spacial score (nSPS) is 15.4. The maximum atomic E-state index is 12.7. The van der Waals surface area contributed by atoms with Gasteiger partial charge in [0.05, 0.1) is 5.92 Å². The molecule has 3 amide bonds. The van der Waals surface area contributed by atoms with E-state index >= 15 is 0 Å². The van der Waals surface area contributed by atoms with Gasteiger partial charge < -0.3 is 15.5 Å². The van der Waals surface area contributed by atoms with Crippen molar-refractivity contribution in [2.45, 2.75) is 26.8 Å². The largest absolute Gasteiger partial charge is 0.352 e. The highest BCUT2D eigenvalue weighted by molar-refractivity contribution is 6.06. The summed E-state index contributed by atoms with van der Waals surface area (Å²) in [6.07, 6.45) is 0.152. The smallest absolute Gasteiger partial charge is 0.255 e. The van der Waals surface area contributed by atoms with Crippen molar-refractivity contribution in [2.75, 3.05) is 16.8 Å². The van der Waals surface area contributed by atoms with E-state index in [4.69, 9.17) is 0 Å². The number of amides is 3. The van der Waals surface area contributed by atoms with Gasteiger partial charge in [-0.2, -0.15) is 0 Å². The van der Waals surface area contributed by atoms with Crippen LogP contribution in [-0.4, -0.2) is 24.3 Å². The van der Waals surface area contributed by atoms with Gasteiger partial charge in [-0.15, -0.1) is 0 Å². The Balaban J connectivity index is 1.39. The lowest BCUT2D eigenvalue weighted by Crippen LogP contribution is -2.32. The molecule has 2 N–H and O–H groups in total. The fourth-order valence-electron chi connectivity index (χ4n) is 3.92. The molecule has 33 heavy (non-hydrogen) atoms. The molecule has 1 aliphatic rings. The lowest BCUT2D eigenvalue weighted by atomic mass is 10.1. The van der Waals surface area contributed by atoms with E-state index in [1.54, 1.807) is 29.2 Å². The van der Waals surface area contributed by atoms with Gasteiger partial charge in [0, 0.05) is 36.4 Å². The molecule has 0 aromatic heterocycles. The van der Waals surface area contributed by atoms with E-state index in [1.807, 2.05) is 49.4 Å². The van der Waals surface area contributed by atoms with Gasteiger partial charge in [0.15, 0.2) is 0 Å². The Morgan fingerprint density at radius 1 is 0.939 bits per heavy atom. The number of rotatable bonds is 6. The molecule has 1 heterocycles. The second-order valence-corrected chi connectivity index (χ2v) is 8.41. The summed E-state index contributed by atoms with van der Waals surface area (Å²) in [4.78, 5) is 39.6. The summed E-state index contributed by atoms with van der Waals surface area (Å²) in [7, 11) is 0. The lowest BCUT2D eigenvalue weighted by Gasteiger charge is -2.18. The lowest BCUT2D eigenvalue weighted by molar-refractivity contribution is -0.126.